The molecule has 6 heteroatoms. The minimum atomic E-state index is -0.582. The van der Waals surface area contributed by atoms with E-state index in [2.05, 4.69) is 10.6 Å². The van der Waals surface area contributed by atoms with Crippen LogP contribution in [-0.4, -0.2) is 31.1 Å². The first-order valence-electron chi connectivity index (χ1n) is 8.67. The minimum Gasteiger partial charge on any atom is -0.445 e. The average Bonchev–Trinajstić information content (AvgIpc) is 2.67. The summed E-state index contributed by atoms with van der Waals surface area (Å²) in [5.74, 6) is -0.194. The zero-order valence-corrected chi connectivity index (χ0v) is 14.7. The van der Waals surface area contributed by atoms with Gasteiger partial charge in [-0.1, -0.05) is 60.7 Å². The van der Waals surface area contributed by atoms with Crippen molar-refractivity contribution < 1.29 is 14.3 Å². The van der Waals surface area contributed by atoms with Crippen LogP contribution in [0.2, 0.25) is 0 Å². The summed E-state index contributed by atoms with van der Waals surface area (Å²) < 4.78 is 5.10. The second-order valence-electron chi connectivity index (χ2n) is 5.93. The largest absolute Gasteiger partial charge is 0.445 e. The Hall–Kier alpha value is -2.86. The first-order chi connectivity index (χ1) is 12.6. The summed E-state index contributed by atoms with van der Waals surface area (Å²) in [7, 11) is 0. The van der Waals surface area contributed by atoms with Crippen molar-refractivity contribution in [3.05, 3.63) is 71.8 Å². The summed E-state index contributed by atoms with van der Waals surface area (Å²) in [4.78, 5) is 23.5. The van der Waals surface area contributed by atoms with E-state index in [1.54, 1.807) is 0 Å². The maximum Gasteiger partial charge on any atom is 0.407 e. The lowest BCUT2D eigenvalue weighted by Gasteiger charge is -2.12. The molecule has 0 aliphatic heterocycles. The molecule has 2 aromatic carbocycles. The SMILES string of the molecule is N[C@@H](Cc1ccccc1)C(=O)NCCCNC(=O)OCc1ccccc1. The average molecular weight is 355 g/mol. The molecule has 138 valence electrons. The van der Waals surface area contributed by atoms with Gasteiger partial charge in [-0.05, 0) is 24.0 Å². The topological polar surface area (TPSA) is 93.5 Å². The van der Waals surface area contributed by atoms with Crippen molar-refractivity contribution >= 4 is 12.0 Å². The number of amides is 2. The molecule has 2 amide bonds. The lowest BCUT2D eigenvalue weighted by molar-refractivity contribution is -0.122. The molecule has 26 heavy (non-hydrogen) atoms. The van der Waals surface area contributed by atoms with Gasteiger partial charge in [-0.25, -0.2) is 4.79 Å². The van der Waals surface area contributed by atoms with E-state index in [9.17, 15) is 9.59 Å². The highest BCUT2D eigenvalue weighted by Crippen LogP contribution is 2.02. The molecule has 2 rings (SSSR count). The van der Waals surface area contributed by atoms with E-state index in [-0.39, 0.29) is 12.5 Å². The minimum absolute atomic E-state index is 0.194. The molecule has 0 fully saturated rings. The van der Waals surface area contributed by atoms with Gasteiger partial charge in [0.15, 0.2) is 0 Å². The van der Waals surface area contributed by atoms with Crippen LogP contribution in [0.4, 0.5) is 4.79 Å². The van der Waals surface area contributed by atoms with Crippen LogP contribution in [0.3, 0.4) is 0 Å². The van der Waals surface area contributed by atoms with E-state index in [0.29, 0.717) is 25.9 Å². The number of carbonyl (C=O) groups is 2. The third-order valence-corrected chi connectivity index (χ3v) is 3.77. The molecule has 0 radical (unpaired) electrons. The summed E-state index contributed by atoms with van der Waals surface area (Å²) in [6, 6.07) is 18.5. The molecule has 0 saturated carbocycles. The Balaban J connectivity index is 1.54. The van der Waals surface area contributed by atoms with E-state index < -0.39 is 12.1 Å². The molecule has 0 aromatic heterocycles. The molecule has 0 aliphatic carbocycles. The van der Waals surface area contributed by atoms with Gasteiger partial charge in [0.25, 0.3) is 0 Å². The normalized spacial score (nSPS) is 11.4. The van der Waals surface area contributed by atoms with Gasteiger partial charge < -0.3 is 21.1 Å². The van der Waals surface area contributed by atoms with Gasteiger partial charge in [0, 0.05) is 13.1 Å². The lowest BCUT2D eigenvalue weighted by Crippen LogP contribution is -2.42. The van der Waals surface area contributed by atoms with Crippen LogP contribution < -0.4 is 16.4 Å². The first-order valence-corrected chi connectivity index (χ1v) is 8.67. The molecule has 2 aromatic rings. The first kappa shape index (κ1) is 19.5. The second kappa shape index (κ2) is 10.9. The molecule has 4 N–H and O–H groups in total. The van der Waals surface area contributed by atoms with Gasteiger partial charge in [-0.3, -0.25) is 4.79 Å². The summed E-state index contributed by atoms with van der Waals surface area (Å²) in [5, 5.41) is 5.43. The molecule has 0 aliphatic rings. The van der Waals surface area contributed by atoms with Gasteiger partial charge >= 0.3 is 6.09 Å². The number of rotatable bonds is 9. The standard InChI is InChI=1S/C20H25N3O3/c21-18(14-16-8-3-1-4-9-16)19(24)22-12-7-13-23-20(25)26-15-17-10-5-2-6-11-17/h1-6,8-11,18H,7,12-15,21H2,(H,22,24)(H,23,25)/t18-/m0/s1. The number of hydrogen-bond donors (Lipinski definition) is 3. The zero-order valence-electron chi connectivity index (χ0n) is 14.7. The van der Waals surface area contributed by atoms with Gasteiger partial charge in [0.05, 0.1) is 6.04 Å². The molecule has 0 bridgehead atoms. The fourth-order valence-electron chi connectivity index (χ4n) is 2.36. The monoisotopic (exact) mass is 355 g/mol. The fraction of sp³-hybridized carbons (Fsp3) is 0.300. The van der Waals surface area contributed by atoms with Crippen molar-refractivity contribution in [2.45, 2.75) is 25.5 Å². The van der Waals surface area contributed by atoms with Gasteiger partial charge in [-0.2, -0.15) is 0 Å². The van der Waals surface area contributed by atoms with Gasteiger partial charge in [-0.15, -0.1) is 0 Å². The molecular weight excluding hydrogens is 330 g/mol. The van der Waals surface area contributed by atoms with Crippen molar-refractivity contribution in [1.82, 2.24) is 10.6 Å². The molecule has 0 heterocycles. The maximum absolute atomic E-state index is 12.0. The molecule has 1 atom stereocenters. The van der Waals surface area contributed by atoms with E-state index in [0.717, 1.165) is 11.1 Å². The molecule has 0 spiro atoms. The van der Waals surface area contributed by atoms with Gasteiger partial charge in [0.2, 0.25) is 5.91 Å². The Morgan fingerprint density at radius 3 is 2.12 bits per heavy atom. The van der Waals surface area contributed by atoms with Crippen molar-refractivity contribution in [2.75, 3.05) is 13.1 Å². The Morgan fingerprint density at radius 2 is 1.46 bits per heavy atom. The predicted octanol–water partition coefficient (Wildman–Crippen LogP) is 1.99. The summed E-state index contributed by atoms with van der Waals surface area (Å²) in [5.41, 5.74) is 7.86. The maximum atomic E-state index is 12.0. The Labute approximate surface area is 153 Å². The quantitative estimate of drug-likeness (QED) is 0.600. The van der Waals surface area contributed by atoms with Crippen LogP contribution in [-0.2, 0) is 22.6 Å². The number of alkyl carbamates (subject to hydrolysis) is 1. The van der Waals surface area contributed by atoms with Crippen molar-refractivity contribution in [3.8, 4) is 0 Å². The van der Waals surface area contributed by atoms with E-state index >= 15 is 0 Å². The fourth-order valence-corrected chi connectivity index (χ4v) is 2.36. The lowest BCUT2D eigenvalue weighted by atomic mass is 10.1. The number of carbonyl (C=O) groups excluding carboxylic acids is 2. The number of benzene rings is 2. The summed E-state index contributed by atoms with van der Waals surface area (Å²) in [6.07, 6.45) is 0.627. The molecule has 6 nitrogen and oxygen atoms in total. The smallest absolute Gasteiger partial charge is 0.407 e. The van der Waals surface area contributed by atoms with Crippen LogP contribution in [0, 0.1) is 0 Å². The highest BCUT2D eigenvalue weighted by atomic mass is 16.5. The number of hydrogen-bond acceptors (Lipinski definition) is 4. The van der Waals surface area contributed by atoms with Gasteiger partial charge in [0.1, 0.15) is 6.61 Å². The van der Waals surface area contributed by atoms with Crippen molar-refractivity contribution in [2.24, 2.45) is 5.73 Å². The highest BCUT2D eigenvalue weighted by Gasteiger charge is 2.13. The molecule has 0 saturated heterocycles. The van der Waals surface area contributed by atoms with Crippen molar-refractivity contribution in [3.63, 3.8) is 0 Å². The molecule has 0 unspecified atom stereocenters. The van der Waals surface area contributed by atoms with Crippen molar-refractivity contribution in [1.29, 1.82) is 0 Å². The third kappa shape index (κ3) is 7.36. The predicted molar refractivity (Wildman–Crippen MR) is 100 cm³/mol. The summed E-state index contributed by atoms with van der Waals surface area (Å²) in [6.45, 7) is 1.10. The van der Waals surface area contributed by atoms with Crippen LogP contribution in [0.25, 0.3) is 0 Å². The number of nitrogens with two attached hydrogens (primary N) is 1. The highest BCUT2D eigenvalue weighted by molar-refractivity contribution is 5.81. The Kier molecular flexibility index (Phi) is 8.15. The Bertz CT molecular complexity index is 677. The molecular formula is C20H25N3O3. The number of nitrogens with one attached hydrogen (secondary N) is 2. The number of ether oxygens (including phenoxy) is 1. The van der Waals surface area contributed by atoms with Crippen LogP contribution in [0.15, 0.2) is 60.7 Å². The zero-order chi connectivity index (χ0) is 18.6. The third-order valence-electron chi connectivity index (χ3n) is 3.77. The van der Waals surface area contributed by atoms with Crippen LogP contribution in [0.1, 0.15) is 17.5 Å². The van der Waals surface area contributed by atoms with E-state index in [1.807, 2.05) is 60.7 Å². The summed E-state index contributed by atoms with van der Waals surface area (Å²) >= 11 is 0. The van der Waals surface area contributed by atoms with E-state index in [1.165, 1.54) is 0 Å². The van der Waals surface area contributed by atoms with E-state index in [4.69, 9.17) is 10.5 Å². The Morgan fingerprint density at radius 1 is 0.885 bits per heavy atom. The second-order valence-corrected chi connectivity index (χ2v) is 5.93. The van der Waals surface area contributed by atoms with Crippen LogP contribution >= 0.6 is 0 Å². The van der Waals surface area contributed by atoms with Crippen LogP contribution in [0.5, 0.6) is 0 Å².